The van der Waals surface area contributed by atoms with Crippen LogP contribution in [0.25, 0.3) is 0 Å². The van der Waals surface area contributed by atoms with Crippen molar-refractivity contribution in [2.75, 3.05) is 13.6 Å². The molecular formula is C23H28Br2N2. The predicted molar refractivity (Wildman–Crippen MR) is 121 cm³/mol. The van der Waals surface area contributed by atoms with E-state index in [1.807, 2.05) is 6.07 Å². The third-order valence-corrected chi connectivity index (χ3v) is 7.52. The zero-order chi connectivity index (χ0) is 20.0. The van der Waals surface area contributed by atoms with Crippen molar-refractivity contribution in [2.45, 2.75) is 45.1 Å². The van der Waals surface area contributed by atoms with Gasteiger partial charge in [-0.3, -0.25) is 4.90 Å². The largest absolute Gasteiger partial charge is 0.300 e. The van der Waals surface area contributed by atoms with Gasteiger partial charge < -0.3 is 0 Å². The van der Waals surface area contributed by atoms with Crippen LogP contribution in [0.4, 0.5) is 0 Å². The highest BCUT2D eigenvalue weighted by Crippen LogP contribution is 2.39. The van der Waals surface area contributed by atoms with Gasteiger partial charge in [0.2, 0.25) is 0 Å². The van der Waals surface area contributed by atoms with Crippen molar-refractivity contribution in [1.82, 2.24) is 4.90 Å². The molecule has 0 fully saturated rings. The highest BCUT2D eigenvalue weighted by atomic mass is 79.9. The Balaban J connectivity index is 2.11. The first-order valence-corrected chi connectivity index (χ1v) is 11.0. The van der Waals surface area contributed by atoms with Gasteiger partial charge in [0.15, 0.2) is 0 Å². The van der Waals surface area contributed by atoms with Gasteiger partial charge >= 0.3 is 0 Å². The summed E-state index contributed by atoms with van der Waals surface area (Å²) in [4.78, 5) is 2.37. The molecule has 0 aromatic heterocycles. The topological polar surface area (TPSA) is 27.0 Å². The fourth-order valence-corrected chi connectivity index (χ4v) is 4.20. The van der Waals surface area contributed by atoms with Gasteiger partial charge in [-0.2, -0.15) is 5.26 Å². The Morgan fingerprint density at radius 1 is 1.04 bits per heavy atom. The van der Waals surface area contributed by atoms with Crippen molar-refractivity contribution in [3.63, 3.8) is 0 Å². The molecule has 0 spiro atoms. The first-order chi connectivity index (χ1) is 12.8. The minimum atomic E-state index is -0.472. The molecule has 0 radical (unpaired) electrons. The standard InChI is InChI=1S/C23H28Br2N2/c1-17(2)23(16-26,20-11-12-21(24)22(25)15-20)13-8-14-27(4)18(3)19-9-6-5-7-10-19/h5-7,9-12,15,17-18H,8,13-14H2,1-4H3. The number of halogens is 2. The fourth-order valence-electron chi connectivity index (χ4n) is 3.58. The summed E-state index contributed by atoms with van der Waals surface area (Å²) in [6.07, 6.45) is 1.83. The average Bonchev–Trinajstić information content (AvgIpc) is 2.67. The Kier molecular flexibility index (Phi) is 8.09. The summed E-state index contributed by atoms with van der Waals surface area (Å²) in [6.45, 7) is 7.50. The Bertz CT molecular complexity index is 783. The first-order valence-electron chi connectivity index (χ1n) is 9.43. The van der Waals surface area contributed by atoms with E-state index < -0.39 is 5.41 Å². The van der Waals surface area contributed by atoms with Gasteiger partial charge in [0.05, 0.1) is 11.5 Å². The molecule has 144 valence electrons. The average molecular weight is 492 g/mol. The summed E-state index contributed by atoms with van der Waals surface area (Å²) in [7, 11) is 2.16. The van der Waals surface area contributed by atoms with Crippen LogP contribution in [-0.2, 0) is 5.41 Å². The van der Waals surface area contributed by atoms with Crippen molar-refractivity contribution in [3.8, 4) is 6.07 Å². The number of rotatable bonds is 8. The zero-order valence-electron chi connectivity index (χ0n) is 16.5. The summed E-state index contributed by atoms with van der Waals surface area (Å²) in [5.41, 5.74) is 1.95. The van der Waals surface area contributed by atoms with Crippen LogP contribution in [0, 0.1) is 17.2 Å². The van der Waals surface area contributed by atoms with E-state index >= 15 is 0 Å². The SMILES string of the molecule is CC(c1ccccc1)N(C)CCCC(C#N)(c1ccc(Br)c(Br)c1)C(C)C. The molecule has 2 aromatic rings. The summed E-state index contributed by atoms with van der Waals surface area (Å²) in [5, 5.41) is 10.1. The molecule has 0 N–H and O–H groups in total. The van der Waals surface area contributed by atoms with Crippen LogP contribution < -0.4 is 0 Å². The summed E-state index contributed by atoms with van der Waals surface area (Å²) < 4.78 is 2.01. The second-order valence-corrected chi connectivity index (χ2v) is 9.25. The lowest BCUT2D eigenvalue weighted by Crippen LogP contribution is -2.32. The maximum Gasteiger partial charge on any atom is 0.0846 e. The van der Waals surface area contributed by atoms with E-state index in [-0.39, 0.29) is 5.92 Å². The summed E-state index contributed by atoms with van der Waals surface area (Å²) in [6, 6.07) is 19.8. The lowest BCUT2D eigenvalue weighted by molar-refractivity contribution is 0.241. The van der Waals surface area contributed by atoms with Gasteiger partial charge in [-0.05, 0) is 94.4 Å². The number of hydrogen-bond donors (Lipinski definition) is 0. The van der Waals surface area contributed by atoms with Crippen LogP contribution in [0.1, 0.15) is 50.8 Å². The van der Waals surface area contributed by atoms with Crippen LogP contribution in [0.5, 0.6) is 0 Å². The van der Waals surface area contributed by atoms with E-state index in [0.29, 0.717) is 6.04 Å². The van der Waals surface area contributed by atoms with Crippen LogP contribution in [0.15, 0.2) is 57.5 Å². The maximum atomic E-state index is 10.1. The molecule has 4 heteroatoms. The van der Waals surface area contributed by atoms with Gasteiger partial charge in [-0.1, -0.05) is 50.2 Å². The molecular weight excluding hydrogens is 464 g/mol. The Labute approximate surface area is 180 Å². The fraction of sp³-hybridized carbons (Fsp3) is 0.435. The van der Waals surface area contributed by atoms with E-state index in [2.05, 4.69) is 113 Å². The molecule has 0 amide bonds. The Morgan fingerprint density at radius 3 is 2.26 bits per heavy atom. The molecule has 2 unspecified atom stereocenters. The molecule has 0 saturated carbocycles. The molecule has 2 atom stereocenters. The lowest BCUT2D eigenvalue weighted by Gasteiger charge is -2.33. The quantitative estimate of drug-likeness (QED) is 0.393. The minimum absolute atomic E-state index is 0.243. The van der Waals surface area contributed by atoms with E-state index in [0.717, 1.165) is 33.9 Å². The number of nitriles is 1. The van der Waals surface area contributed by atoms with Crippen molar-refractivity contribution in [3.05, 3.63) is 68.6 Å². The monoisotopic (exact) mass is 490 g/mol. The van der Waals surface area contributed by atoms with Gasteiger partial charge in [0, 0.05) is 15.0 Å². The van der Waals surface area contributed by atoms with Crippen LogP contribution in [0.3, 0.4) is 0 Å². The number of benzene rings is 2. The first kappa shape index (κ1) is 22.1. The van der Waals surface area contributed by atoms with Gasteiger partial charge in [-0.25, -0.2) is 0 Å². The normalized spacial score (nSPS) is 14.8. The van der Waals surface area contributed by atoms with Crippen molar-refractivity contribution in [1.29, 1.82) is 5.26 Å². The maximum absolute atomic E-state index is 10.1. The summed E-state index contributed by atoms with van der Waals surface area (Å²) >= 11 is 7.12. The van der Waals surface area contributed by atoms with E-state index in [1.54, 1.807) is 0 Å². The highest BCUT2D eigenvalue weighted by molar-refractivity contribution is 9.13. The molecule has 0 aliphatic carbocycles. The van der Waals surface area contributed by atoms with Gasteiger partial charge in [0.25, 0.3) is 0 Å². The van der Waals surface area contributed by atoms with Crippen LogP contribution >= 0.6 is 31.9 Å². The third kappa shape index (κ3) is 5.22. The van der Waals surface area contributed by atoms with E-state index in [4.69, 9.17) is 0 Å². The summed E-state index contributed by atoms with van der Waals surface area (Å²) in [5.74, 6) is 0.243. The smallest absolute Gasteiger partial charge is 0.0846 e. The molecule has 0 aliphatic heterocycles. The molecule has 0 bridgehead atoms. The van der Waals surface area contributed by atoms with E-state index in [1.165, 1.54) is 5.56 Å². The van der Waals surface area contributed by atoms with Gasteiger partial charge in [0.1, 0.15) is 0 Å². The highest BCUT2D eigenvalue weighted by Gasteiger charge is 2.36. The molecule has 0 aliphatic rings. The van der Waals surface area contributed by atoms with E-state index in [9.17, 15) is 5.26 Å². The number of hydrogen-bond acceptors (Lipinski definition) is 2. The molecule has 2 aromatic carbocycles. The lowest BCUT2D eigenvalue weighted by atomic mass is 9.70. The molecule has 2 nitrogen and oxygen atoms in total. The second-order valence-electron chi connectivity index (χ2n) is 7.54. The molecule has 0 saturated heterocycles. The number of nitrogens with zero attached hydrogens (tertiary/aromatic N) is 2. The molecule has 27 heavy (non-hydrogen) atoms. The predicted octanol–water partition coefficient (Wildman–Crippen LogP) is 7.10. The second kappa shape index (κ2) is 9.87. The Morgan fingerprint density at radius 2 is 1.70 bits per heavy atom. The van der Waals surface area contributed by atoms with Crippen molar-refractivity contribution >= 4 is 31.9 Å². The van der Waals surface area contributed by atoms with Crippen LogP contribution in [-0.4, -0.2) is 18.5 Å². The zero-order valence-corrected chi connectivity index (χ0v) is 19.7. The minimum Gasteiger partial charge on any atom is -0.300 e. The molecule has 2 rings (SSSR count). The Hall–Kier alpha value is -1.15. The van der Waals surface area contributed by atoms with Crippen LogP contribution in [0.2, 0.25) is 0 Å². The van der Waals surface area contributed by atoms with Crippen molar-refractivity contribution < 1.29 is 0 Å². The van der Waals surface area contributed by atoms with Gasteiger partial charge in [-0.15, -0.1) is 0 Å². The molecule has 0 heterocycles. The van der Waals surface area contributed by atoms with Crippen molar-refractivity contribution in [2.24, 2.45) is 5.92 Å². The third-order valence-electron chi connectivity index (χ3n) is 5.64.